The minimum absolute atomic E-state index is 0.0995. The molecule has 0 saturated heterocycles. The van der Waals surface area contributed by atoms with Crippen molar-refractivity contribution in [2.75, 3.05) is 6.54 Å². The summed E-state index contributed by atoms with van der Waals surface area (Å²) in [7, 11) is 0. The number of rotatable bonds is 5. The Morgan fingerprint density at radius 3 is 2.64 bits per heavy atom. The first-order chi connectivity index (χ1) is 13.4. The fourth-order valence-electron chi connectivity index (χ4n) is 3.89. The molecule has 0 unspecified atom stereocenters. The Morgan fingerprint density at radius 1 is 1.18 bits per heavy atom. The van der Waals surface area contributed by atoms with Crippen LogP contribution in [-0.2, 0) is 11.2 Å². The molecular weight excluding hydrogens is 357 g/mol. The van der Waals surface area contributed by atoms with Gasteiger partial charge >= 0.3 is 0 Å². The van der Waals surface area contributed by atoms with E-state index in [4.69, 9.17) is 4.74 Å². The number of halogens is 1. The van der Waals surface area contributed by atoms with Gasteiger partial charge in [-0.2, -0.15) is 0 Å². The summed E-state index contributed by atoms with van der Waals surface area (Å²) in [6, 6.07) is 8.33. The third-order valence-electron chi connectivity index (χ3n) is 5.69. The van der Waals surface area contributed by atoms with Crippen LogP contribution in [0.5, 0.6) is 5.75 Å². The van der Waals surface area contributed by atoms with Crippen molar-refractivity contribution < 1.29 is 18.7 Å². The maximum absolute atomic E-state index is 14.6. The number of amides is 1. The first-order valence-electron chi connectivity index (χ1n) is 9.81. The van der Waals surface area contributed by atoms with E-state index >= 15 is 0 Å². The molecule has 2 aromatic rings. The molecule has 146 valence electrons. The lowest BCUT2D eigenvalue weighted by Crippen LogP contribution is -2.40. The molecule has 0 aromatic heterocycles. The number of hydrogen-bond donors (Lipinski definition) is 1. The van der Waals surface area contributed by atoms with Crippen LogP contribution in [0.4, 0.5) is 4.39 Å². The predicted molar refractivity (Wildman–Crippen MR) is 105 cm³/mol. The normalized spacial score (nSPS) is 18.2. The number of carbonyl (C=O) groups excluding carboxylic acids is 2. The molecule has 2 aromatic carbocycles. The quantitative estimate of drug-likeness (QED) is 0.789. The molecule has 0 radical (unpaired) electrons. The predicted octanol–water partition coefficient (Wildman–Crippen LogP) is 4.22. The zero-order valence-corrected chi connectivity index (χ0v) is 16.2. The Kier molecular flexibility index (Phi) is 4.92. The summed E-state index contributed by atoms with van der Waals surface area (Å²) in [6.07, 6.45) is 3.55. The van der Waals surface area contributed by atoms with Crippen LogP contribution in [0.15, 0.2) is 30.3 Å². The van der Waals surface area contributed by atoms with Crippen molar-refractivity contribution in [2.45, 2.75) is 45.6 Å². The molecule has 1 aliphatic heterocycles. The van der Waals surface area contributed by atoms with Crippen molar-refractivity contribution in [1.29, 1.82) is 0 Å². The highest BCUT2D eigenvalue weighted by atomic mass is 19.1. The van der Waals surface area contributed by atoms with Gasteiger partial charge in [0.15, 0.2) is 5.78 Å². The minimum atomic E-state index is -0.386. The van der Waals surface area contributed by atoms with E-state index in [1.807, 2.05) is 19.1 Å². The minimum Gasteiger partial charge on any atom is -0.487 e. The Bertz CT molecular complexity index is 949. The molecule has 1 aliphatic carbocycles. The lowest BCUT2D eigenvalue weighted by atomic mass is 9.85. The molecule has 1 fully saturated rings. The summed E-state index contributed by atoms with van der Waals surface area (Å²) in [5, 5.41) is 2.99. The Balaban J connectivity index is 1.59. The molecule has 0 spiro atoms. The molecular formula is C23H24FNO3. The highest BCUT2D eigenvalue weighted by Crippen LogP contribution is 2.41. The van der Waals surface area contributed by atoms with Crippen LogP contribution in [-0.4, -0.2) is 24.3 Å². The number of carbonyl (C=O) groups is 2. The van der Waals surface area contributed by atoms with Gasteiger partial charge < -0.3 is 10.1 Å². The zero-order chi connectivity index (χ0) is 19.8. The maximum atomic E-state index is 14.6. The van der Waals surface area contributed by atoms with Gasteiger partial charge in [0, 0.05) is 29.0 Å². The van der Waals surface area contributed by atoms with Gasteiger partial charge in [-0.05, 0) is 62.1 Å². The second-order valence-corrected chi connectivity index (χ2v) is 7.87. The Hall–Kier alpha value is -2.69. The van der Waals surface area contributed by atoms with Crippen molar-refractivity contribution >= 4 is 11.7 Å². The maximum Gasteiger partial charge on any atom is 0.223 e. The average molecular weight is 381 g/mol. The van der Waals surface area contributed by atoms with Crippen LogP contribution in [0.3, 0.4) is 0 Å². The zero-order valence-electron chi connectivity index (χ0n) is 16.2. The second kappa shape index (κ2) is 7.38. The van der Waals surface area contributed by atoms with Gasteiger partial charge in [-0.25, -0.2) is 4.39 Å². The number of aryl methyl sites for hydroxylation is 1. The summed E-state index contributed by atoms with van der Waals surface area (Å²) in [5.74, 6) is 0.395. The summed E-state index contributed by atoms with van der Waals surface area (Å²) >= 11 is 0. The van der Waals surface area contributed by atoms with Gasteiger partial charge in [0.1, 0.15) is 17.7 Å². The van der Waals surface area contributed by atoms with Crippen molar-refractivity contribution in [3.05, 3.63) is 52.8 Å². The van der Waals surface area contributed by atoms with Gasteiger partial charge in [0.2, 0.25) is 5.91 Å². The van der Waals surface area contributed by atoms with Crippen LogP contribution in [0.25, 0.3) is 11.1 Å². The van der Waals surface area contributed by atoms with E-state index in [0.29, 0.717) is 35.4 Å². The Labute approximate surface area is 164 Å². The number of hydrogen-bond acceptors (Lipinski definition) is 3. The largest absolute Gasteiger partial charge is 0.487 e. The standard InChI is InChI=1S/C23H24FNO3/c1-13-8-17-10-18(12-25-23(27)15-4-3-5-15)28-22(17)20(9-13)19-11-16(14(2)26)6-7-21(19)24/h6-9,11,15,18H,3-5,10,12H2,1-2H3,(H,25,27)/t18-/m0/s1. The Morgan fingerprint density at radius 2 is 1.96 bits per heavy atom. The van der Waals surface area contributed by atoms with Gasteiger partial charge in [0.25, 0.3) is 0 Å². The molecule has 4 nitrogen and oxygen atoms in total. The molecule has 5 heteroatoms. The lowest BCUT2D eigenvalue weighted by molar-refractivity contribution is -0.127. The topological polar surface area (TPSA) is 55.4 Å². The van der Waals surface area contributed by atoms with E-state index in [1.54, 1.807) is 6.07 Å². The summed E-state index contributed by atoms with van der Waals surface area (Å²) in [4.78, 5) is 23.8. The third-order valence-corrected chi connectivity index (χ3v) is 5.69. The smallest absolute Gasteiger partial charge is 0.223 e. The molecule has 4 rings (SSSR count). The van der Waals surface area contributed by atoms with E-state index in [9.17, 15) is 14.0 Å². The van der Waals surface area contributed by atoms with E-state index in [1.165, 1.54) is 19.1 Å². The molecule has 1 amide bonds. The number of Topliss-reactive ketones (excluding diaryl/α,β-unsaturated/α-hetero) is 1. The van der Waals surface area contributed by atoms with Crippen molar-refractivity contribution in [2.24, 2.45) is 5.92 Å². The third kappa shape index (κ3) is 3.53. The van der Waals surface area contributed by atoms with Gasteiger partial charge in [0.05, 0.1) is 6.54 Å². The number of nitrogens with one attached hydrogen (secondary N) is 1. The van der Waals surface area contributed by atoms with Crippen molar-refractivity contribution in [3.63, 3.8) is 0 Å². The monoisotopic (exact) mass is 381 g/mol. The molecule has 1 heterocycles. The fraction of sp³-hybridized carbons (Fsp3) is 0.391. The molecule has 2 aliphatic rings. The van der Waals surface area contributed by atoms with Crippen LogP contribution in [0.1, 0.15) is 47.7 Å². The highest BCUT2D eigenvalue weighted by molar-refractivity contribution is 5.95. The molecule has 0 bridgehead atoms. The number of fused-ring (bicyclic) bond motifs is 1. The van der Waals surface area contributed by atoms with Crippen LogP contribution >= 0.6 is 0 Å². The van der Waals surface area contributed by atoms with Gasteiger partial charge in [-0.1, -0.05) is 12.5 Å². The van der Waals surface area contributed by atoms with Gasteiger partial charge in [-0.3, -0.25) is 9.59 Å². The first-order valence-corrected chi connectivity index (χ1v) is 9.81. The van der Waals surface area contributed by atoms with E-state index in [-0.39, 0.29) is 29.5 Å². The van der Waals surface area contributed by atoms with Crippen LogP contribution in [0.2, 0.25) is 0 Å². The highest BCUT2D eigenvalue weighted by Gasteiger charge is 2.30. The summed E-state index contributed by atoms with van der Waals surface area (Å²) in [5.41, 5.74) is 3.50. The number of benzene rings is 2. The van der Waals surface area contributed by atoms with E-state index < -0.39 is 0 Å². The van der Waals surface area contributed by atoms with Crippen LogP contribution in [0, 0.1) is 18.7 Å². The average Bonchev–Trinajstić information content (AvgIpc) is 3.00. The van der Waals surface area contributed by atoms with Gasteiger partial charge in [-0.15, -0.1) is 0 Å². The van der Waals surface area contributed by atoms with E-state index in [2.05, 4.69) is 5.32 Å². The lowest BCUT2D eigenvalue weighted by Gasteiger charge is -2.24. The molecule has 1 atom stereocenters. The molecule has 1 N–H and O–H groups in total. The van der Waals surface area contributed by atoms with Crippen molar-refractivity contribution in [3.8, 4) is 16.9 Å². The first kappa shape index (κ1) is 18.7. The number of ketones is 1. The van der Waals surface area contributed by atoms with Crippen LogP contribution < -0.4 is 10.1 Å². The van der Waals surface area contributed by atoms with Crippen molar-refractivity contribution in [1.82, 2.24) is 5.32 Å². The second-order valence-electron chi connectivity index (χ2n) is 7.87. The number of ether oxygens (including phenoxy) is 1. The summed E-state index contributed by atoms with van der Waals surface area (Å²) in [6.45, 7) is 3.87. The molecule has 1 saturated carbocycles. The van der Waals surface area contributed by atoms with E-state index in [0.717, 1.165) is 30.4 Å². The molecule has 28 heavy (non-hydrogen) atoms. The summed E-state index contributed by atoms with van der Waals surface area (Å²) < 4.78 is 20.7. The fourth-order valence-corrected chi connectivity index (χ4v) is 3.89. The SMILES string of the molecule is CC(=O)c1ccc(F)c(-c2cc(C)cc3c2O[C@H](CNC(=O)C2CCC2)C3)c1.